The zero-order chi connectivity index (χ0) is 15.1. The number of amides is 1. The Kier molecular flexibility index (Phi) is 6.78. The van der Waals surface area contributed by atoms with Gasteiger partial charge in [0.15, 0.2) is 0 Å². The number of halogens is 2. The van der Waals surface area contributed by atoms with Crippen LogP contribution >= 0.6 is 23.2 Å². The molecule has 0 bridgehead atoms. The molecule has 7 heteroatoms. The van der Waals surface area contributed by atoms with E-state index in [1.54, 1.807) is 25.2 Å². The molecule has 0 atom stereocenters. The molecule has 0 heterocycles. The first-order chi connectivity index (χ1) is 9.49. The van der Waals surface area contributed by atoms with Gasteiger partial charge in [0.05, 0.1) is 22.9 Å². The predicted octanol–water partition coefficient (Wildman–Crippen LogP) is 3.14. The maximum atomic E-state index is 11.7. The highest BCUT2D eigenvalue weighted by atomic mass is 35.5. The SMILES string of the molecule is CO/N=C(\CCC(=O)N(C)OC)c1ccc(Cl)c(Cl)c1. The fraction of sp³-hybridized carbons (Fsp3) is 0.385. The van der Waals surface area contributed by atoms with E-state index in [9.17, 15) is 4.79 Å². The van der Waals surface area contributed by atoms with Gasteiger partial charge >= 0.3 is 0 Å². The fourth-order valence-electron chi connectivity index (χ4n) is 1.51. The number of nitrogens with zero attached hydrogens (tertiary/aromatic N) is 2. The minimum absolute atomic E-state index is 0.156. The van der Waals surface area contributed by atoms with Crippen LogP contribution in [0.15, 0.2) is 23.4 Å². The van der Waals surface area contributed by atoms with Gasteiger partial charge in [-0.05, 0) is 12.1 Å². The maximum absolute atomic E-state index is 11.7. The number of hydroxylamine groups is 2. The third-order valence-electron chi connectivity index (χ3n) is 2.66. The summed E-state index contributed by atoms with van der Waals surface area (Å²) in [6, 6.07) is 5.14. The van der Waals surface area contributed by atoms with Crippen molar-refractivity contribution >= 4 is 34.8 Å². The summed E-state index contributed by atoms with van der Waals surface area (Å²) in [5, 5.41) is 5.98. The Morgan fingerprint density at radius 3 is 2.50 bits per heavy atom. The monoisotopic (exact) mass is 318 g/mol. The maximum Gasteiger partial charge on any atom is 0.246 e. The molecular weight excluding hydrogens is 303 g/mol. The lowest BCUT2D eigenvalue weighted by Crippen LogP contribution is -2.25. The molecule has 1 aromatic rings. The molecule has 0 fully saturated rings. The summed E-state index contributed by atoms with van der Waals surface area (Å²) in [5.41, 5.74) is 1.37. The number of oxime groups is 1. The molecular formula is C13H16Cl2N2O3. The first kappa shape index (κ1) is 16.8. The van der Waals surface area contributed by atoms with Crippen molar-refractivity contribution in [2.24, 2.45) is 5.16 Å². The van der Waals surface area contributed by atoms with Crippen LogP contribution in [0.2, 0.25) is 10.0 Å². The molecule has 0 N–H and O–H groups in total. The molecule has 0 saturated heterocycles. The van der Waals surface area contributed by atoms with E-state index >= 15 is 0 Å². The number of carbonyl (C=O) groups is 1. The molecule has 20 heavy (non-hydrogen) atoms. The van der Waals surface area contributed by atoms with Crippen LogP contribution in [0.25, 0.3) is 0 Å². The van der Waals surface area contributed by atoms with Crippen LogP contribution in [0.5, 0.6) is 0 Å². The quantitative estimate of drug-likeness (QED) is 0.598. The molecule has 1 amide bonds. The van der Waals surface area contributed by atoms with Crippen molar-refractivity contribution in [3.05, 3.63) is 33.8 Å². The normalized spacial score (nSPS) is 11.3. The Labute approximate surface area is 128 Å². The smallest absolute Gasteiger partial charge is 0.246 e. The highest BCUT2D eigenvalue weighted by Gasteiger charge is 2.13. The van der Waals surface area contributed by atoms with Crippen molar-refractivity contribution in [3.8, 4) is 0 Å². The molecule has 0 spiro atoms. The van der Waals surface area contributed by atoms with Crippen molar-refractivity contribution in [2.75, 3.05) is 21.3 Å². The topological polar surface area (TPSA) is 51.1 Å². The van der Waals surface area contributed by atoms with Gasteiger partial charge in [-0.1, -0.05) is 34.4 Å². The van der Waals surface area contributed by atoms with Gasteiger partial charge in [0.2, 0.25) is 5.91 Å². The lowest BCUT2D eigenvalue weighted by Gasteiger charge is -2.14. The van der Waals surface area contributed by atoms with Crippen molar-refractivity contribution in [1.82, 2.24) is 5.06 Å². The van der Waals surface area contributed by atoms with Gasteiger partial charge in [-0.2, -0.15) is 0 Å². The van der Waals surface area contributed by atoms with Crippen LogP contribution in [0.3, 0.4) is 0 Å². The van der Waals surface area contributed by atoms with Crippen molar-refractivity contribution in [3.63, 3.8) is 0 Å². The van der Waals surface area contributed by atoms with Crippen LogP contribution < -0.4 is 0 Å². The molecule has 110 valence electrons. The second kappa shape index (κ2) is 8.09. The summed E-state index contributed by atoms with van der Waals surface area (Å²) in [4.78, 5) is 21.3. The third-order valence-corrected chi connectivity index (χ3v) is 3.39. The molecule has 0 aliphatic carbocycles. The largest absolute Gasteiger partial charge is 0.399 e. The molecule has 0 saturated carbocycles. The second-order valence-corrected chi connectivity index (χ2v) is 4.74. The van der Waals surface area contributed by atoms with Crippen LogP contribution in [-0.4, -0.2) is 37.9 Å². The molecule has 1 aromatic carbocycles. The zero-order valence-electron chi connectivity index (χ0n) is 11.5. The summed E-state index contributed by atoms with van der Waals surface area (Å²) in [7, 11) is 4.43. The van der Waals surface area contributed by atoms with E-state index in [2.05, 4.69) is 5.16 Å². The number of benzene rings is 1. The lowest BCUT2D eigenvalue weighted by molar-refractivity contribution is -0.168. The van der Waals surface area contributed by atoms with Gasteiger partial charge in [0, 0.05) is 25.5 Å². The molecule has 0 radical (unpaired) electrons. The van der Waals surface area contributed by atoms with Crippen molar-refractivity contribution in [1.29, 1.82) is 0 Å². The van der Waals surface area contributed by atoms with E-state index in [4.69, 9.17) is 32.9 Å². The minimum Gasteiger partial charge on any atom is -0.399 e. The molecule has 5 nitrogen and oxygen atoms in total. The lowest BCUT2D eigenvalue weighted by atomic mass is 10.1. The Morgan fingerprint density at radius 2 is 1.95 bits per heavy atom. The van der Waals surface area contributed by atoms with Gasteiger partial charge < -0.3 is 4.84 Å². The standard InChI is InChI=1S/C13H16Cl2N2O3/c1-17(20-3)13(18)7-6-12(16-19-2)9-4-5-10(14)11(15)8-9/h4-5,8H,6-7H2,1-3H3/b16-12+. The van der Waals surface area contributed by atoms with Crippen LogP contribution in [0, 0.1) is 0 Å². The Morgan fingerprint density at radius 1 is 1.25 bits per heavy atom. The zero-order valence-corrected chi connectivity index (χ0v) is 13.0. The van der Waals surface area contributed by atoms with E-state index in [1.807, 2.05) is 0 Å². The average Bonchev–Trinajstić information content (AvgIpc) is 2.45. The third kappa shape index (κ3) is 4.67. The molecule has 1 rings (SSSR count). The summed E-state index contributed by atoms with van der Waals surface area (Å²) >= 11 is 11.8. The van der Waals surface area contributed by atoms with Gasteiger partial charge in [0.1, 0.15) is 7.11 Å². The van der Waals surface area contributed by atoms with Crippen molar-refractivity contribution < 1.29 is 14.5 Å². The number of carbonyl (C=O) groups excluding carboxylic acids is 1. The fourth-order valence-corrected chi connectivity index (χ4v) is 1.81. The van der Waals surface area contributed by atoms with E-state index in [1.165, 1.54) is 19.3 Å². The van der Waals surface area contributed by atoms with Gasteiger partial charge in [0.25, 0.3) is 0 Å². The molecule has 0 aromatic heterocycles. The van der Waals surface area contributed by atoms with Gasteiger partial charge in [-0.25, -0.2) is 5.06 Å². The number of rotatable bonds is 6. The van der Waals surface area contributed by atoms with E-state index < -0.39 is 0 Å². The Hall–Kier alpha value is -1.30. The highest BCUT2D eigenvalue weighted by Crippen LogP contribution is 2.23. The van der Waals surface area contributed by atoms with Gasteiger partial charge in [-0.3, -0.25) is 9.63 Å². The van der Waals surface area contributed by atoms with E-state index in [-0.39, 0.29) is 12.3 Å². The average molecular weight is 319 g/mol. The first-order valence-electron chi connectivity index (χ1n) is 5.85. The van der Waals surface area contributed by atoms with E-state index in [0.29, 0.717) is 22.2 Å². The Bertz CT molecular complexity index is 506. The second-order valence-electron chi connectivity index (χ2n) is 3.92. The summed E-state index contributed by atoms with van der Waals surface area (Å²) < 4.78 is 0. The molecule has 0 aliphatic rings. The van der Waals surface area contributed by atoms with Gasteiger partial charge in [-0.15, -0.1) is 0 Å². The van der Waals surface area contributed by atoms with Crippen LogP contribution in [0.4, 0.5) is 0 Å². The summed E-state index contributed by atoms with van der Waals surface area (Å²) in [5.74, 6) is -0.156. The van der Waals surface area contributed by atoms with Crippen LogP contribution in [-0.2, 0) is 14.5 Å². The highest BCUT2D eigenvalue weighted by molar-refractivity contribution is 6.42. The van der Waals surface area contributed by atoms with Crippen molar-refractivity contribution in [2.45, 2.75) is 12.8 Å². The first-order valence-corrected chi connectivity index (χ1v) is 6.61. The minimum atomic E-state index is -0.156. The summed E-state index contributed by atoms with van der Waals surface area (Å²) in [6.45, 7) is 0. The molecule has 0 aliphatic heterocycles. The Balaban J connectivity index is 2.82. The number of hydrogen-bond donors (Lipinski definition) is 0. The predicted molar refractivity (Wildman–Crippen MR) is 79.0 cm³/mol. The van der Waals surface area contributed by atoms with E-state index in [0.717, 1.165) is 5.56 Å². The number of hydrogen-bond acceptors (Lipinski definition) is 4. The van der Waals surface area contributed by atoms with Crippen LogP contribution in [0.1, 0.15) is 18.4 Å². The summed E-state index contributed by atoms with van der Waals surface area (Å²) in [6.07, 6.45) is 0.644. The molecule has 0 unspecified atom stereocenters.